The molecule has 0 spiro atoms. The van der Waals surface area contributed by atoms with Crippen molar-refractivity contribution >= 4 is 17.1 Å². The fourth-order valence-corrected chi connectivity index (χ4v) is 2.15. The zero-order valence-electron chi connectivity index (χ0n) is 7.74. The van der Waals surface area contributed by atoms with Crippen molar-refractivity contribution in [3.63, 3.8) is 0 Å². The summed E-state index contributed by atoms with van der Waals surface area (Å²) < 4.78 is 11.5. The van der Waals surface area contributed by atoms with Crippen LogP contribution in [0.1, 0.15) is 11.1 Å². The highest BCUT2D eigenvalue weighted by Crippen LogP contribution is 2.14. The second kappa shape index (κ2) is 4.33. The molecule has 1 aromatic rings. The molecular weight excluding hydrogens is 184 g/mol. The summed E-state index contributed by atoms with van der Waals surface area (Å²) in [4.78, 5) is 10.9. The Bertz CT molecular complexity index is 345. The van der Waals surface area contributed by atoms with Crippen molar-refractivity contribution in [2.24, 2.45) is 0 Å². The molecule has 3 heteroatoms. The predicted molar refractivity (Wildman–Crippen MR) is 53.3 cm³/mol. The summed E-state index contributed by atoms with van der Waals surface area (Å²) in [7, 11) is -1.17. The maximum absolute atomic E-state index is 11.5. The molecule has 0 bridgehead atoms. The van der Waals surface area contributed by atoms with E-state index in [4.69, 9.17) is 0 Å². The van der Waals surface area contributed by atoms with Crippen LogP contribution in [0.5, 0.6) is 0 Å². The van der Waals surface area contributed by atoms with Crippen LogP contribution in [0.3, 0.4) is 0 Å². The first-order valence-corrected chi connectivity index (χ1v) is 5.36. The largest absolute Gasteiger partial charge is 0.302 e. The van der Waals surface area contributed by atoms with Crippen molar-refractivity contribution in [1.29, 1.82) is 0 Å². The van der Waals surface area contributed by atoms with E-state index in [9.17, 15) is 9.00 Å². The molecule has 70 valence electrons. The number of carbonyl (C=O) groups excluding carboxylic acids is 1. The van der Waals surface area contributed by atoms with Crippen LogP contribution >= 0.6 is 0 Å². The summed E-state index contributed by atoms with van der Waals surface area (Å²) in [6.45, 7) is 3.89. The molecule has 1 atom stereocenters. The SMILES string of the molecule is Cc1ccc(S(=O)CC=O)c(C)c1. The van der Waals surface area contributed by atoms with E-state index in [1.807, 2.05) is 32.0 Å². The van der Waals surface area contributed by atoms with E-state index in [0.717, 1.165) is 16.0 Å². The number of hydrogen-bond donors (Lipinski definition) is 0. The molecule has 0 heterocycles. The van der Waals surface area contributed by atoms with Gasteiger partial charge in [0.2, 0.25) is 0 Å². The van der Waals surface area contributed by atoms with E-state index in [1.54, 1.807) is 0 Å². The Morgan fingerprint density at radius 2 is 2.08 bits per heavy atom. The van der Waals surface area contributed by atoms with Crippen LogP contribution in [0, 0.1) is 13.8 Å². The third-order valence-corrected chi connectivity index (χ3v) is 3.18. The molecule has 0 amide bonds. The smallest absolute Gasteiger partial charge is 0.132 e. The van der Waals surface area contributed by atoms with Crippen molar-refractivity contribution in [2.75, 3.05) is 5.75 Å². The van der Waals surface area contributed by atoms with Gasteiger partial charge >= 0.3 is 0 Å². The van der Waals surface area contributed by atoms with Crippen molar-refractivity contribution in [1.82, 2.24) is 0 Å². The molecule has 0 radical (unpaired) electrons. The van der Waals surface area contributed by atoms with E-state index in [-0.39, 0.29) is 5.75 Å². The number of rotatable bonds is 3. The van der Waals surface area contributed by atoms with Gasteiger partial charge in [0.05, 0.1) is 16.6 Å². The third kappa shape index (κ3) is 2.49. The number of hydrogen-bond acceptors (Lipinski definition) is 2. The molecular formula is C10H12O2S. The minimum atomic E-state index is -1.17. The quantitative estimate of drug-likeness (QED) is 0.688. The van der Waals surface area contributed by atoms with Gasteiger partial charge in [0.25, 0.3) is 0 Å². The highest BCUT2D eigenvalue weighted by Gasteiger charge is 2.05. The Morgan fingerprint density at radius 1 is 1.38 bits per heavy atom. The Labute approximate surface area is 80.4 Å². The van der Waals surface area contributed by atoms with Gasteiger partial charge in [0.15, 0.2) is 0 Å². The van der Waals surface area contributed by atoms with Crippen LogP contribution in [0.25, 0.3) is 0 Å². The molecule has 1 aromatic carbocycles. The average molecular weight is 196 g/mol. The number of carbonyl (C=O) groups is 1. The van der Waals surface area contributed by atoms with E-state index < -0.39 is 10.8 Å². The standard InChI is InChI=1S/C10H12O2S/c1-8-3-4-10(9(2)7-8)13(12)6-5-11/h3-5,7H,6H2,1-2H3. The fourth-order valence-electron chi connectivity index (χ4n) is 1.21. The van der Waals surface area contributed by atoms with Crippen LogP contribution in [-0.2, 0) is 15.6 Å². The average Bonchev–Trinajstić information content (AvgIpc) is 2.04. The Balaban J connectivity index is 3.01. The highest BCUT2D eigenvalue weighted by molar-refractivity contribution is 7.85. The zero-order chi connectivity index (χ0) is 9.84. The molecule has 0 aromatic heterocycles. The van der Waals surface area contributed by atoms with Gasteiger partial charge in [-0.3, -0.25) is 4.21 Å². The second-order valence-corrected chi connectivity index (χ2v) is 4.41. The Kier molecular flexibility index (Phi) is 3.37. The Hall–Kier alpha value is -0.960. The molecule has 0 saturated heterocycles. The van der Waals surface area contributed by atoms with Crippen molar-refractivity contribution in [2.45, 2.75) is 18.7 Å². The van der Waals surface area contributed by atoms with Gasteiger partial charge in [-0.1, -0.05) is 17.7 Å². The van der Waals surface area contributed by atoms with Crippen molar-refractivity contribution < 1.29 is 9.00 Å². The summed E-state index contributed by atoms with van der Waals surface area (Å²) in [6.07, 6.45) is 0.690. The summed E-state index contributed by atoms with van der Waals surface area (Å²) >= 11 is 0. The van der Waals surface area contributed by atoms with Gasteiger partial charge in [0.1, 0.15) is 6.29 Å². The normalized spacial score (nSPS) is 12.5. The molecule has 13 heavy (non-hydrogen) atoms. The first-order valence-electron chi connectivity index (χ1n) is 4.04. The van der Waals surface area contributed by atoms with Crippen LogP contribution in [0.4, 0.5) is 0 Å². The Morgan fingerprint density at radius 3 is 2.62 bits per heavy atom. The summed E-state index contributed by atoms with van der Waals surface area (Å²) in [5.41, 5.74) is 2.13. The molecule has 1 unspecified atom stereocenters. The van der Waals surface area contributed by atoms with E-state index in [2.05, 4.69) is 0 Å². The van der Waals surface area contributed by atoms with Gasteiger partial charge in [-0.25, -0.2) is 0 Å². The lowest BCUT2D eigenvalue weighted by molar-refractivity contribution is -0.105. The molecule has 0 aliphatic heterocycles. The lowest BCUT2D eigenvalue weighted by Gasteiger charge is -2.03. The van der Waals surface area contributed by atoms with Crippen LogP contribution in [-0.4, -0.2) is 16.2 Å². The van der Waals surface area contributed by atoms with Crippen molar-refractivity contribution in [3.05, 3.63) is 29.3 Å². The first kappa shape index (κ1) is 10.1. The van der Waals surface area contributed by atoms with E-state index in [1.165, 1.54) is 0 Å². The summed E-state index contributed by atoms with van der Waals surface area (Å²) in [5.74, 6) is 0.0872. The predicted octanol–water partition coefficient (Wildman–Crippen LogP) is 1.61. The number of aryl methyl sites for hydroxylation is 2. The monoisotopic (exact) mass is 196 g/mol. The molecule has 0 saturated carbocycles. The first-order chi connectivity index (χ1) is 6.15. The third-order valence-electron chi connectivity index (χ3n) is 1.80. The minimum absolute atomic E-state index is 0.0872. The second-order valence-electron chi connectivity index (χ2n) is 2.95. The zero-order valence-corrected chi connectivity index (χ0v) is 8.56. The van der Waals surface area contributed by atoms with Gasteiger partial charge in [0, 0.05) is 4.90 Å². The molecule has 1 rings (SSSR count). The lowest BCUT2D eigenvalue weighted by Crippen LogP contribution is -2.01. The maximum Gasteiger partial charge on any atom is 0.132 e. The van der Waals surface area contributed by atoms with Gasteiger partial charge in [-0.05, 0) is 25.5 Å². The summed E-state index contributed by atoms with van der Waals surface area (Å²) in [6, 6.07) is 5.70. The van der Waals surface area contributed by atoms with Crippen LogP contribution in [0.2, 0.25) is 0 Å². The van der Waals surface area contributed by atoms with E-state index in [0.29, 0.717) is 6.29 Å². The molecule has 0 N–H and O–H groups in total. The van der Waals surface area contributed by atoms with Gasteiger partial charge in [-0.2, -0.15) is 0 Å². The topological polar surface area (TPSA) is 34.1 Å². The molecule has 0 aliphatic carbocycles. The minimum Gasteiger partial charge on any atom is -0.302 e. The molecule has 0 fully saturated rings. The lowest BCUT2D eigenvalue weighted by atomic mass is 10.2. The summed E-state index contributed by atoms with van der Waals surface area (Å²) in [5, 5.41) is 0. The maximum atomic E-state index is 11.5. The number of aldehydes is 1. The molecule has 2 nitrogen and oxygen atoms in total. The highest BCUT2D eigenvalue weighted by atomic mass is 32.2. The van der Waals surface area contributed by atoms with Crippen molar-refractivity contribution in [3.8, 4) is 0 Å². The van der Waals surface area contributed by atoms with E-state index >= 15 is 0 Å². The van der Waals surface area contributed by atoms with Gasteiger partial charge < -0.3 is 4.79 Å². The van der Waals surface area contributed by atoms with Gasteiger partial charge in [-0.15, -0.1) is 0 Å². The number of benzene rings is 1. The van der Waals surface area contributed by atoms with Crippen LogP contribution < -0.4 is 0 Å². The molecule has 0 aliphatic rings. The van der Waals surface area contributed by atoms with Crippen LogP contribution in [0.15, 0.2) is 23.1 Å². The fraction of sp³-hybridized carbons (Fsp3) is 0.300.